The van der Waals surface area contributed by atoms with Gasteiger partial charge >= 0.3 is 0 Å². The predicted molar refractivity (Wildman–Crippen MR) is 66.5 cm³/mol. The van der Waals surface area contributed by atoms with Gasteiger partial charge in [-0.2, -0.15) is 0 Å². The van der Waals surface area contributed by atoms with Gasteiger partial charge in [-0.1, -0.05) is 0 Å². The van der Waals surface area contributed by atoms with Crippen molar-refractivity contribution in [1.82, 2.24) is 9.55 Å². The van der Waals surface area contributed by atoms with E-state index in [1.54, 1.807) is 6.20 Å². The number of rotatable bonds is 4. The van der Waals surface area contributed by atoms with Gasteiger partial charge in [0, 0.05) is 44.2 Å². The number of carbonyl (C=O) groups is 1. The van der Waals surface area contributed by atoms with Crippen LogP contribution in [0.15, 0.2) is 12.4 Å². The zero-order valence-electron chi connectivity index (χ0n) is 10.4. The minimum absolute atomic E-state index is 0.245. The van der Waals surface area contributed by atoms with Gasteiger partial charge in [-0.15, -0.1) is 0 Å². The fourth-order valence-electron chi connectivity index (χ4n) is 2.52. The first-order chi connectivity index (χ1) is 8.16. The maximum Gasteiger partial charge on any atom is 0.136 e. The molecule has 0 spiro atoms. The molecule has 2 N–H and O–H groups in total. The van der Waals surface area contributed by atoms with E-state index in [1.807, 2.05) is 17.8 Å². The van der Waals surface area contributed by atoms with Crippen LogP contribution in [-0.4, -0.2) is 21.4 Å². The standard InChI is InChI=1S/C13H21N3O/c1-16-9-8-15-13(16)7-6-12(17)10-2-4-11(14)5-3-10/h8-11H,2-7,14H2,1H3. The zero-order chi connectivity index (χ0) is 12.3. The quantitative estimate of drug-likeness (QED) is 0.859. The molecule has 0 radical (unpaired) electrons. The Balaban J connectivity index is 1.80. The smallest absolute Gasteiger partial charge is 0.136 e. The highest BCUT2D eigenvalue weighted by atomic mass is 16.1. The first-order valence-electron chi connectivity index (χ1n) is 6.41. The largest absolute Gasteiger partial charge is 0.338 e. The number of ketones is 1. The fourth-order valence-corrected chi connectivity index (χ4v) is 2.52. The summed E-state index contributed by atoms with van der Waals surface area (Å²) in [5, 5.41) is 0. The molecule has 0 aromatic carbocycles. The highest BCUT2D eigenvalue weighted by molar-refractivity contribution is 5.81. The second-order valence-electron chi connectivity index (χ2n) is 5.03. The summed E-state index contributed by atoms with van der Waals surface area (Å²) >= 11 is 0. The van der Waals surface area contributed by atoms with E-state index in [2.05, 4.69) is 4.98 Å². The minimum Gasteiger partial charge on any atom is -0.338 e. The molecule has 94 valence electrons. The van der Waals surface area contributed by atoms with Gasteiger partial charge in [0.25, 0.3) is 0 Å². The molecule has 0 saturated heterocycles. The normalized spacial score (nSPS) is 24.8. The Morgan fingerprint density at radius 3 is 2.76 bits per heavy atom. The number of nitrogens with two attached hydrogens (primary N) is 1. The van der Waals surface area contributed by atoms with Crippen LogP contribution in [0.3, 0.4) is 0 Å². The molecule has 1 aromatic rings. The molecule has 1 aliphatic carbocycles. The van der Waals surface area contributed by atoms with E-state index in [9.17, 15) is 4.79 Å². The average Bonchev–Trinajstić information content (AvgIpc) is 2.73. The molecule has 0 atom stereocenters. The minimum atomic E-state index is 0.245. The van der Waals surface area contributed by atoms with E-state index in [4.69, 9.17) is 5.73 Å². The summed E-state index contributed by atoms with van der Waals surface area (Å²) in [7, 11) is 1.96. The van der Waals surface area contributed by atoms with Gasteiger partial charge in [0.05, 0.1) is 0 Å². The summed E-state index contributed by atoms with van der Waals surface area (Å²) in [5.74, 6) is 1.63. The van der Waals surface area contributed by atoms with E-state index >= 15 is 0 Å². The number of hydrogen-bond acceptors (Lipinski definition) is 3. The lowest BCUT2D eigenvalue weighted by atomic mass is 9.82. The summed E-state index contributed by atoms with van der Waals surface area (Å²) in [6, 6.07) is 0.314. The van der Waals surface area contributed by atoms with Gasteiger partial charge in [0.2, 0.25) is 0 Å². The van der Waals surface area contributed by atoms with Crippen molar-refractivity contribution in [2.24, 2.45) is 18.7 Å². The summed E-state index contributed by atoms with van der Waals surface area (Å²) < 4.78 is 1.98. The third kappa shape index (κ3) is 3.16. The van der Waals surface area contributed by atoms with E-state index in [1.165, 1.54) is 0 Å². The number of imidazole rings is 1. The van der Waals surface area contributed by atoms with Crippen LogP contribution in [0.25, 0.3) is 0 Å². The average molecular weight is 235 g/mol. The van der Waals surface area contributed by atoms with E-state index in [0.29, 0.717) is 18.2 Å². The van der Waals surface area contributed by atoms with Crippen molar-refractivity contribution in [1.29, 1.82) is 0 Å². The molecule has 4 nitrogen and oxygen atoms in total. The van der Waals surface area contributed by atoms with Gasteiger partial charge in [-0.05, 0) is 25.7 Å². The van der Waals surface area contributed by atoms with Crippen LogP contribution in [-0.2, 0) is 18.3 Å². The number of hydrogen-bond donors (Lipinski definition) is 1. The van der Waals surface area contributed by atoms with Crippen molar-refractivity contribution in [2.75, 3.05) is 0 Å². The fraction of sp³-hybridized carbons (Fsp3) is 0.692. The molecule has 4 heteroatoms. The summed E-state index contributed by atoms with van der Waals surface area (Å²) in [6.07, 6.45) is 9.01. The molecule has 1 aliphatic rings. The van der Waals surface area contributed by atoms with Gasteiger partial charge < -0.3 is 10.3 Å². The molecule has 2 rings (SSSR count). The molecule has 17 heavy (non-hydrogen) atoms. The number of carbonyl (C=O) groups excluding carboxylic acids is 1. The van der Waals surface area contributed by atoms with E-state index in [-0.39, 0.29) is 5.92 Å². The Morgan fingerprint density at radius 1 is 1.47 bits per heavy atom. The number of Topliss-reactive ketones (excluding diaryl/α,β-unsaturated/α-hetero) is 1. The topological polar surface area (TPSA) is 60.9 Å². The third-order valence-corrected chi connectivity index (χ3v) is 3.74. The molecular formula is C13H21N3O. The van der Waals surface area contributed by atoms with Crippen LogP contribution in [0.5, 0.6) is 0 Å². The Hall–Kier alpha value is -1.16. The van der Waals surface area contributed by atoms with E-state index in [0.717, 1.165) is 37.9 Å². The lowest BCUT2D eigenvalue weighted by molar-refractivity contribution is -0.123. The first kappa shape index (κ1) is 12.3. The highest BCUT2D eigenvalue weighted by Gasteiger charge is 2.24. The van der Waals surface area contributed by atoms with Crippen molar-refractivity contribution < 1.29 is 4.79 Å². The number of aromatic nitrogens is 2. The number of aryl methyl sites for hydroxylation is 2. The summed E-state index contributed by atoms with van der Waals surface area (Å²) in [4.78, 5) is 16.3. The van der Waals surface area contributed by atoms with Crippen LogP contribution < -0.4 is 5.73 Å². The van der Waals surface area contributed by atoms with Crippen molar-refractivity contribution in [3.8, 4) is 0 Å². The molecule has 0 unspecified atom stereocenters. The van der Waals surface area contributed by atoms with Gasteiger partial charge in [0.15, 0.2) is 0 Å². The molecule has 0 amide bonds. The van der Waals surface area contributed by atoms with Crippen molar-refractivity contribution in [2.45, 2.75) is 44.6 Å². The van der Waals surface area contributed by atoms with Crippen LogP contribution in [0.2, 0.25) is 0 Å². The van der Waals surface area contributed by atoms with Gasteiger partial charge in [-0.25, -0.2) is 4.98 Å². The Kier molecular flexibility index (Phi) is 3.94. The summed E-state index contributed by atoms with van der Waals surface area (Å²) in [5.41, 5.74) is 5.84. The van der Waals surface area contributed by atoms with Crippen molar-refractivity contribution >= 4 is 5.78 Å². The van der Waals surface area contributed by atoms with Crippen LogP contribution >= 0.6 is 0 Å². The lowest BCUT2D eigenvalue weighted by Gasteiger charge is -2.24. The van der Waals surface area contributed by atoms with Crippen molar-refractivity contribution in [3.05, 3.63) is 18.2 Å². The maximum absolute atomic E-state index is 12.0. The Bertz CT molecular complexity index is 378. The van der Waals surface area contributed by atoms with Gasteiger partial charge in [-0.3, -0.25) is 4.79 Å². The molecule has 1 fully saturated rings. The SMILES string of the molecule is Cn1ccnc1CCC(=O)C1CCC(N)CC1. The number of nitrogens with zero attached hydrogens (tertiary/aromatic N) is 2. The van der Waals surface area contributed by atoms with Gasteiger partial charge in [0.1, 0.15) is 11.6 Å². The summed E-state index contributed by atoms with van der Waals surface area (Å²) in [6.45, 7) is 0. The van der Waals surface area contributed by atoms with E-state index < -0.39 is 0 Å². The predicted octanol–water partition coefficient (Wildman–Crippen LogP) is 1.44. The molecule has 1 aromatic heterocycles. The third-order valence-electron chi connectivity index (χ3n) is 3.74. The monoisotopic (exact) mass is 235 g/mol. The van der Waals surface area contributed by atoms with Crippen LogP contribution in [0, 0.1) is 5.92 Å². The second-order valence-corrected chi connectivity index (χ2v) is 5.03. The Morgan fingerprint density at radius 2 is 2.18 bits per heavy atom. The van der Waals surface area contributed by atoms with Crippen LogP contribution in [0.4, 0.5) is 0 Å². The molecule has 1 heterocycles. The Labute approximate surface area is 102 Å². The first-order valence-corrected chi connectivity index (χ1v) is 6.41. The molecular weight excluding hydrogens is 214 g/mol. The molecule has 1 saturated carbocycles. The zero-order valence-corrected chi connectivity index (χ0v) is 10.4. The maximum atomic E-state index is 12.0. The van der Waals surface area contributed by atoms with Crippen molar-refractivity contribution in [3.63, 3.8) is 0 Å². The molecule has 0 bridgehead atoms. The second kappa shape index (κ2) is 5.45. The van der Waals surface area contributed by atoms with Crippen LogP contribution in [0.1, 0.15) is 37.9 Å². The lowest BCUT2D eigenvalue weighted by Crippen LogP contribution is -2.30. The molecule has 0 aliphatic heterocycles. The highest BCUT2D eigenvalue weighted by Crippen LogP contribution is 2.25.